The van der Waals surface area contributed by atoms with Crippen LogP contribution in [0, 0.1) is 5.92 Å². The minimum absolute atomic E-state index is 0.00810. The number of hydrogen-bond acceptors (Lipinski definition) is 6. The third-order valence-electron chi connectivity index (χ3n) is 6.56. The number of esters is 1. The van der Waals surface area contributed by atoms with E-state index >= 15 is 0 Å². The molecule has 2 amide bonds. The van der Waals surface area contributed by atoms with Crippen molar-refractivity contribution in [2.24, 2.45) is 5.92 Å². The van der Waals surface area contributed by atoms with Gasteiger partial charge in [-0.15, -0.1) is 0 Å². The minimum atomic E-state index is -0.282. The number of nitrogens with one attached hydrogen (secondary N) is 2. The molecule has 8 nitrogen and oxygen atoms in total. The number of rotatable bonds is 10. The van der Waals surface area contributed by atoms with E-state index in [0.717, 1.165) is 44.1 Å². The standard InChI is InChI=1S/C27H32ClN3O5/c1-2-35-27(34)18-5-9-21(10-6-18)36-24-12-8-20(16-31-24)26(33)30-14-13-29-25(32)19-7-11-22(17-3-4-17)23(28)15-19/h7-8,11-12,15-18,21H,2-6,9-10,13-14H2,1H3,(H,29,32)(H,30,33). The van der Waals surface area contributed by atoms with Crippen LogP contribution in [0.25, 0.3) is 0 Å². The fourth-order valence-corrected chi connectivity index (χ4v) is 4.72. The number of pyridine rings is 1. The van der Waals surface area contributed by atoms with Gasteiger partial charge in [-0.3, -0.25) is 14.4 Å². The average molecular weight is 514 g/mol. The Kier molecular flexibility index (Phi) is 8.80. The molecule has 1 heterocycles. The monoisotopic (exact) mass is 513 g/mol. The van der Waals surface area contributed by atoms with Crippen molar-refractivity contribution in [3.63, 3.8) is 0 Å². The summed E-state index contributed by atoms with van der Waals surface area (Å²) in [7, 11) is 0. The largest absolute Gasteiger partial charge is 0.474 e. The smallest absolute Gasteiger partial charge is 0.308 e. The summed E-state index contributed by atoms with van der Waals surface area (Å²) < 4.78 is 11.0. The van der Waals surface area contributed by atoms with Gasteiger partial charge in [0.15, 0.2) is 0 Å². The van der Waals surface area contributed by atoms with Gasteiger partial charge >= 0.3 is 5.97 Å². The van der Waals surface area contributed by atoms with Crippen LogP contribution in [0.3, 0.4) is 0 Å². The molecule has 1 aromatic heterocycles. The highest BCUT2D eigenvalue weighted by Gasteiger charge is 2.28. The number of amides is 2. The van der Waals surface area contributed by atoms with Gasteiger partial charge in [0.2, 0.25) is 5.88 Å². The molecule has 2 N–H and O–H groups in total. The van der Waals surface area contributed by atoms with Gasteiger partial charge in [0.05, 0.1) is 18.1 Å². The van der Waals surface area contributed by atoms with Gasteiger partial charge in [0, 0.05) is 35.9 Å². The minimum Gasteiger partial charge on any atom is -0.474 e. The Morgan fingerprint density at radius 3 is 2.19 bits per heavy atom. The van der Waals surface area contributed by atoms with E-state index in [-0.39, 0.29) is 42.9 Å². The van der Waals surface area contributed by atoms with Crippen LogP contribution in [0.1, 0.15) is 77.6 Å². The van der Waals surface area contributed by atoms with Crippen molar-refractivity contribution in [3.8, 4) is 5.88 Å². The lowest BCUT2D eigenvalue weighted by Crippen LogP contribution is -2.34. The van der Waals surface area contributed by atoms with Crippen LogP contribution >= 0.6 is 11.6 Å². The number of carbonyl (C=O) groups excluding carboxylic acids is 3. The number of nitrogens with zero attached hydrogens (tertiary/aromatic N) is 1. The van der Waals surface area contributed by atoms with E-state index in [9.17, 15) is 14.4 Å². The lowest BCUT2D eigenvalue weighted by atomic mass is 9.87. The zero-order valence-electron chi connectivity index (χ0n) is 20.4. The van der Waals surface area contributed by atoms with Crippen LogP contribution in [0.2, 0.25) is 5.02 Å². The third kappa shape index (κ3) is 6.97. The Bertz CT molecular complexity index is 1080. The Morgan fingerprint density at radius 2 is 1.61 bits per heavy atom. The van der Waals surface area contributed by atoms with Crippen molar-refractivity contribution in [2.45, 2.75) is 57.5 Å². The zero-order chi connectivity index (χ0) is 25.5. The molecule has 0 spiro atoms. The highest BCUT2D eigenvalue weighted by atomic mass is 35.5. The first kappa shape index (κ1) is 25.9. The third-order valence-corrected chi connectivity index (χ3v) is 6.88. The summed E-state index contributed by atoms with van der Waals surface area (Å²) >= 11 is 6.30. The van der Waals surface area contributed by atoms with Gasteiger partial charge in [-0.1, -0.05) is 17.7 Å². The Balaban J connectivity index is 1.16. The lowest BCUT2D eigenvalue weighted by molar-refractivity contribution is -0.149. The Labute approximate surface area is 216 Å². The molecule has 9 heteroatoms. The second-order valence-corrected chi connectivity index (χ2v) is 9.66. The predicted octanol–water partition coefficient (Wildman–Crippen LogP) is 4.27. The van der Waals surface area contributed by atoms with E-state index in [4.69, 9.17) is 21.1 Å². The van der Waals surface area contributed by atoms with Crippen LogP contribution in [0.15, 0.2) is 36.5 Å². The van der Waals surface area contributed by atoms with Crippen molar-refractivity contribution < 1.29 is 23.9 Å². The topological polar surface area (TPSA) is 107 Å². The van der Waals surface area contributed by atoms with Crippen molar-refractivity contribution in [3.05, 3.63) is 58.2 Å². The van der Waals surface area contributed by atoms with Gasteiger partial charge in [-0.05, 0) is 75.1 Å². The number of benzene rings is 1. The molecule has 2 aromatic rings. The second kappa shape index (κ2) is 12.2. The molecule has 0 radical (unpaired) electrons. The molecule has 192 valence electrons. The van der Waals surface area contributed by atoms with Crippen LogP contribution in [-0.2, 0) is 9.53 Å². The van der Waals surface area contributed by atoms with Gasteiger partial charge in [-0.2, -0.15) is 0 Å². The summed E-state index contributed by atoms with van der Waals surface area (Å²) in [4.78, 5) is 40.9. The summed E-state index contributed by atoms with van der Waals surface area (Å²) in [6.45, 7) is 2.78. The first-order valence-corrected chi connectivity index (χ1v) is 13.0. The number of aromatic nitrogens is 1. The predicted molar refractivity (Wildman–Crippen MR) is 135 cm³/mol. The first-order valence-electron chi connectivity index (χ1n) is 12.6. The molecule has 0 aliphatic heterocycles. The Morgan fingerprint density at radius 1 is 0.944 bits per heavy atom. The fourth-order valence-electron chi connectivity index (χ4n) is 4.38. The molecular weight excluding hydrogens is 482 g/mol. The molecule has 2 aliphatic carbocycles. The SMILES string of the molecule is CCOC(=O)C1CCC(Oc2ccc(C(=O)NCCNC(=O)c3ccc(C4CC4)c(Cl)c3)cn2)CC1. The van der Waals surface area contributed by atoms with Gasteiger partial charge in [-0.25, -0.2) is 4.98 Å². The molecule has 0 saturated heterocycles. The van der Waals surface area contributed by atoms with E-state index in [0.29, 0.717) is 34.6 Å². The van der Waals surface area contributed by atoms with Gasteiger partial charge in [0.25, 0.3) is 11.8 Å². The van der Waals surface area contributed by atoms with Crippen LogP contribution in [-0.4, -0.2) is 48.6 Å². The molecule has 0 atom stereocenters. The first-order chi connectivity index (χ1) is 17.4. The summed E-state index contributed by atoms with van der Waals surface area (Å²) in [5, 5.41) is 6.19. The van der Waals surface area contributed by atoms with E-state index in [1.54, 1.807) is 24.3 Å². The van der Waals surface area contributed by atoms with Crippen molar-refractivity contribution >= 4 is 29.4 Å². The number of hydrogen-bond donors (Lipinski definition) is 2. The molecule has 2 aliphatic rings. The normalized spacial score (nSPS) is 19.3. The molecule has 2 fully saturated rings. The van der Waals surface area contributed by atoms with Crippen molar-refractivity contribution in [1.29, 1.82) is 0 Å². The van der Waals surface area contributed by atoms with E-state index in [2.05, 4.69) is 15.6 Å². The zero-order valence-corrected chi connectivity index (χ0v) is 21.2. The summed E-state index contributed by atoms with van der Waals surface area (Å²) in [6, 6.07) is 8.73. The maximum atomic E-state index is 12.4. The van der Waals surface area contributed by atoms with Crippen molar-refractivity contribution in [2.75, 3.05) is 19.7 Å². The van der Waals surface area contributed by atoms with Gasteiger partial charge in [0.1, 0.15) is 6.10 Å². The van der Waals surface area contributed by atoms with E-state index < -0.39 is 0 Å². The molecule has 4 rings (SSSR count). The maximum absolute atomic E-state index is 12.4. The average Bonchev–Trinajstić information content (AvgIpc) is 3.73. The highest BCUT2D eigenvalue weighted by molar-refractivity contribution is 6.31. The highest BCUT2D eigenvalue weighted by Crippen LogP contribution is 2.43. The summed E-state index contributed by atoms with van der Waals surface area (Å²) in [5.41, 5.74) is 2.01. The molecule has 0 bridgehead atoms. The fraction of sp³-hybridized carbons (Fsp3) is 0.481. The Hall–Kier alpha value is -3.13. The van der Waals surface area contributed by atoms with E-state index in [1.807, 2.05) is 13.0 Å². The molecule has 0 unspecified atom stereocenters. The molecule has 1 aromatic carbocycles. The molecular formula is C27H32ClN3O5. The number of halogens is 1. The van der Waals surface area contributed by atoms with Crippen molar-refractivity contribution in [1.82, 2.24) is 15.6 Å². The quantitative estimate of drug-likeness (QED) is 0.363. The summed E-state index contributed by atoms with van der Waals surface area (Å²) in [5.74, 6) is 0.278. The number of ether oxygens (including phenoxy) is 2. The second-order valence-electron chi connectivity index (χ2n) is 9.25. The maximum Gasteiger partial charge on any atom is 0.308 e. The van der Waals surface area contributed by atoms with Gasteiger partial charge < -0.3 is 20.1 Å². The molecule has 36 heavy (non-hydrogen) atoms. The summed E-state index contributed by atoms with van der Waals surface area (Å²) in [6.07, 6.45) is 6.75. The van der Waals surface area contributed by atoms with Crippen LogP contribution in [0.5, 0.6) is 5.88 Å². The van der Waals surface area contributed by atoms with Crippen LogP contribution in [0.4, 0.5) is 0 Å². The number of carbonyl (C=O) groups is 3. The molecule has 2 saturated carbocycles. The van der Waals surface area contributed by atoms with E-state index in [1.165, 1.54) is 6.20 Å². The lowest BCUT2D eigenvalue weighted by Gasteiger charge is -2.27. The van der Waals surface area contributed by atoms with Crippen LogP contribution < -0.4 is 15.4 Å².